The Labute approximate surface area is 148 Å². The molecule has 0 bridgehead atoms. The van der Waals surface area contributed by atoms with E-state index in [1.807, 2.05) is 31.2 Å². The number of nitrogens with zero attached hydrogens (tertiary/aromatic N) is 4. The van der Waals surface area contributed by atoms with E-state index in [1.54, 1.807) is 0 Å². The molecule has 1 aliphatic rings. The molecule has 0 aliphatic carbocycles. The zero-order chi connectivity index (χ0) is 16.7. The molecule has 0 unspecified atom stereocenters. The summed E-state index contributed by atoms with van der Waals surface area (Å²) >= 11 is 7.91. The Bertz CT molecular complexity index is 872. The average molecular weight is 365 g/mol. The van der Waals surface area contributed by atoms with Crippen molar-refractivity contribution in [2.45, 2.75) is 13.0 Å². The minimum atomic E-state index is -0.142. The van der Waals surface area contributed by atoms with Gasteiger partial charge in [0.1, 0.15) is 5.82 Å². The molecule has 0 spiro atoms. The second-order valence-corrected chi connectivity index (χ2v) is 7.13. The summed E-state index contributed by atoms with van der Waals surface area (Å²) in [7, 11) is 0. The molecular formula is C16H17ClN4O2S. The van der Waals surface area contributed by atoms with Gasteiger partial charge < -0.3 is 9.84 Å². The van der Waals surface area contributed by atoms with Gasteiger partial charge in [0.05, 0.1) is 24.1 Å². The lowest BCUT2D eigenvalue weighted by atomic mass is 10.0. The van der Waals surface area contributed by atoms with Crippen LogP contribution < -0.4 is 0 Å². The summed E-state index contributed by atoms with van der Waals surface area (Å²) in [4.78, 5) is 8.14. The second kappa shape index (κ2) is 6.33. The maximum Gasteiger partial charge on any atom is 0.230 e. The number of fused-ring (bicyclic) bond motifs is 1. The van der Waals surface area contributed by atoms with Gasteiger partial charge >= 0.3 is 0 Å². The fourth-order valence-corrected chi connectivity index (χ4v) is 4.46. The number of rotatable bonds is 3. The molecule has 1 atom stereocenters. The van der Waals surface area contributed by atoms with Crippen LogP contribution in [0.5, 0.6) is 5.88 Å². The Morgan fingerprint density at radius 2 is 2.04 bits per heavy atom. The number of thiazole rings is 1. The SMILES string of the molecule is Cc1nc2sc([C@H](c3ccccc3Cl)N3CCOCC3)c(O)n2n1. The molecule has 3 aromatic rings. The maximum absolute atomic E-state index is 10.7. The van der Waals surface area contributed by atoms with Gasteiger partial charge in [0.2, 0.25) is 10.8 Å². The van der Waals surface area contributed by atoms with Crippen LogP contribution in [0.15, 0.2) is 24.3 Å². The minimum Gasteiger partial charge on any atom is -0.492 e. The molecule has 0 amide bonds. The third-order valence-electron chi connectivity index (χ3n) is 4.16. The predicted octanol–water partition coefficient (Wildman–Crippen LogP) is 2.88. The van der Waals surface area contributed by atoms with Gasteiger partial charge in [-0.2, -0.15) is 4.52 Å². The summed E-state index contributed by atoms with van der Waals surface area (Å²) in [5.74, 6) is 0.774. The molecule has 1 aliphatic heterocycles. The molecule has 1 N–H and O–H groups in total. The van der Waals surface area contributed by atoms with Gasteiger partial charge in [-0.15, -0.1) is 5.10 Å². The molecule has 1 aromatic carbocycles. The van der Waals surface area contributed by atoms with E-state index in [0.717, 1.165) is 23.5 Å². The molecule has 0 saturated carbocycles. The molecule has 1 fully saturated rings. The highest BCUT2D eigenvalue weighted by Crippen LogP contribution is 2.42. The number of aromatic nitrogens is 3. The minimum absolute atomic E-state index is 0.131. The van der Waals surface area contributed by atoms with Crippen molar-refractivity contribution in [2.75, 3.05) is 26.3 Å². The van der Waals surface area contributed by atoms with Gasteiger partial charge in [-0.1, -0.05) is 41.1 Å². The van der Waals surface area contributed by atoms with E-state index in [1.165, 1.54) is 15.9 Å². The van der Waals surface area contributed by atoms with E-state index in [0.29, 0.717) is 29.0 Å². The van der Waals surface area contributed by atoms with Gasteiger partial charge in [-0.05, 0) is 18.6 Å². The topological polar surface area (TPSA) is 62.9 Å². The highest BCUT2D eigenvalue weighted by Gasteiger charge is 2.31. The van der Waals surface area contributed by atoms with Gasteiger partial charge in [0.15, 0.2) is 0 Å². The van der Waals surface area contributed by atoms with Crippen LogP contribution in [0, 0.1) is 6.92 Å². The third kappa shape index (κ3) is 2.67. The standard InChI is InChI=1S/C16H17ClN4O2S/c1-10-18-16-21(19-10)15(22)14(24-16)13(20-6-8-23-9-7-20)11-4-2-3-5-12(11)17/h2-5,13,22H,6-9H2,1H3/t13-/m0/s1. The van der Waals surface area contributed by atoms with Crippen LogP contribution in [0.3, 0.4) is 0 Å². The van der Waals surface area contributed by atoms with Crippen LogP contribution in [0.2, 0.25) is 5.02 Å². The highest BCUT2D eigenvalue weighted by atomic mass is 35.5. The Kier molecular flexibility index (Phi) is 4.17. The Balaban J connectivity index is 1.86. The second-order valence-electron chi connectivity index (χ2n) is 5.72. The zero-order valence-corrected chi connectivity index (χ0v) is 14.7. The van der Waals surface area contributed by atoms with Crippen LogP contribution >= 0.6 is 22.9 Å². The molecule has 2 aromatic heterocycles. The van der Waals surface area contributed by atoms with Crippen LogP contribution in [-0.4, -0.2) is 50.9 Å². The van der Waals surface area contributed by atoms with Crippen LogP contribution in [0.25, 0.3) is 4.96 Å². The van der Waals surface area contributed by atoms with Crippen molar-refractivity contribution in [2.24, 2.45) is 0 Å². The Morgan fingerprint density at radius 1 is 1.29 bits per heavy atom. The van der Waals surface area contributed by atoms with Crippen LogP contribution in [0.1, 0.15) is 22.3 Å². The number of aryl methyl sites for hydroxylation is 1. The summed E-state index contributed by atoms with van der Waals surface area (Å²) in [6, 6.07) is 7.61. The summed E-state index contributed by atoms with van der Waals surface area (Å²) in [6.45, 7) is 4.71. The number of aromatic hydroxyl groups is 1. The van der Waals surface area contributed by atoms with Gasteiger partial charge in [0, 0.05) is 18.1 Å². The van der Waals surface area contributed by atoms with Crippen molar-refractivity contribution in [1.82, 2.24) is 19.5 Å². The first kappa shape index (κ1) is 15.8. The smallest absolute Gasteiger partial charge is 0.230 e. The normalized spacial score (nSPS) is 17.4. The Morgan fingerprint density at radius 3 is 2.75 bits per heavy atom. The lowest BCUT2D eigenvalue weighted by molar-refractivity contribution is 0.0241. The largest absolute Gasteiger partial charge is 0.492 e. The van der Waals surface area contributed by atoms with Gasteiger partial charge in [-0.25, -0.2) is 4.98 Å². The fourth-order valence-electron chi connectivity index (χ4n) is 3.06. The van der Waals surface area contributed by atoms with Crippen LogP contribution in [0.4, 0.5) is 0 Å². The maximum atomic E-state index is 10.7. The molecule has 4 rings (SSSR count). The molecule has 6 nitrogen and oxygen atoms in total. The van der Waals surface area contributed by atoms with Crippen molar-refractivity contribution in [3.05, 3.63) is 45.6 Å². The fraction of sp³-hybridized carbons (Fsp3) is 0.375. The predicted molar refractivity (Wildman–Crippen MR) is 93.0 cm³/mol. The third-order valence-corrected chi connectivity index (χ3v) is 5.58. The number of morpholine rings is 1. The molecule has 126 valence electrons. The molecule has 3 heterocycles. The van der Waals surface area contributed by atoms with Crippen LogP contribution in [-0.2, 0) is 4.74 Å². The molecular weight excluding hydrogens is 348 g/mol. The molecule has 0 radical (unpaired) electrons. The molecule has 24 heavy (non-hydrogen) atoms. The lowest BCUT2D eigenvalue weighted by Gasteiger charge is -2.34. The van der Waals surface area contributed by atoms with Gasteiger partial charge in [0.25, 0.3) is 0 Å². The van der Waals surface area contributed by atoms with E-state index in [9.17, 15) is 5.11 Å². The first-order chi connectivity index (χ1) is 11.6. The number of halogens is 1. The van der Waals surface area contributed by atoms with Crippen molar-refractivity contribution < 1.29 is 9.84 Å². The quantitative estimate of drug-likeness (QED) is 0.774. The van der Waals surface area contributed by atoms with E-state index in [4.69, 9.17) is 16.3 Å². The summed E-state index contributed by atoms with van der Waals surface area (Å²) in [5, 5.41) is 15.7. The summed E-state index contributed by atoms with van der Waals surface area (Å²) in [5.41, 5.74) is 0.970. The number of hydrogen-bond donors (Lipinski definition) is 1. The van der Waals surface area contributed by atoms with E-state index in [-0.39, 0.29) is 11.9 Å². The average Bonchev–Trinajstić information content (AvgIpc) is 3.09. The van der Waals surface area contributed by atoms with E-state index >= 15 is 0 Å². The van der Waals surface area contributed by atoms with Crippen molar-refractivity contribution in [1.29, 1.82) is 0 Å². The summed E-state index contributed by atoms with van der Waals surface area (Å²) in [6.07, 6.45) is 0. The first-order valence-electron chi connectivity index (χ1n) is 7.76. The zero-order valence-electron chi connectivity index (χ0n) is 13.1. The van der Waals surface area contributed by atoms with E-state index in [2.05, 4.69) is 15.0 Å². The number of ether oxygens (including phenoxy) is 1. The summed E-state index contributed by atoms with van der Waals surface area (Å²) < 4.78 is 6.98. The lowest BCUT2D eigenvalue weighted by Crippen LogP contribution is -2.39. The number of hydrogen-bond acceptors (Lipinski definition) is 6. The molecule has 1 saturated heterocycles. The van der Waals surface area contributed by atoms with Crippen molar-refractivity contribution >= 4 is 27.9 Å². The Hall–Kier alpha value is -1.67. The molecule has 8 heteroatoms. The van der Waals surface area contributed by atoms with Gasteiger partial charge in [-0.3, -0.25) is 4.90 Å². The monoisotopic (exact) mass is 364 g/mol. The highest BCUT2D eigenvalue weighted by molar-refractivity contribution is 7.17. The van der Waals surface area contributed by atoms with E-state index < -0.39 is 0 Å². The first-order valence-corrected chi connectivity index (χ1v) is 8.96. The number of benzene rings is 1. The van der Waals surface area contributed by atoms with Crippen molar-refractivity contribution in [3.63, 3.8) is 0 Å². The van der Waals surface area contributed by atoms with Crippen molar-refractivity contribution in [3.8, 4) is 5.88 Å².